The standard InChI is InChI=1S/C19H22ClN/c1-21-19(17-11-12-6-7-13(17)10-12)16-8-9-18(20)15-5-3-2-4-14(15)16/h2-5,8-9,12-13,17,19,21H,6-7,10-11H2,1H3. The van der Waals surface area contributed by atoms with Gasteiger partial charge in [-0.15, -0.1) is 0 Å². The molecule has 4 rings (SSSR count). The van der Waals surface area contributed by atoms with Crippen LogP contribution in [0.4, 0.5) is 0 Å². The van der Waals surface area contributed by atoms with Crippen LogP contribution in [0.2, 0.25) is 5.02 Å². The second-order valence-electron chi connectivity index (χ2n) is 6.79. The molecule has 0 saturated heterocycles. The summed E-state index contributed by atoms with van der Waals surface area (Å²) in [5, 5.41) is 6.96. The minimum absolute atomic E-state index is 0.461. The summed E-state index contributed by atoms with van der Waals surface area (Å²) in [5.74, 6) is 2.69. The molecule has 2 heteroatoms. The SMILES string of the molecule is CNC(c1ccc(Cl)c2ccccc12)C1CC2CCC1C2. The van der Waals surface area contributed by atoms with Gasteiger partial charge in [-0.05, 0) is 61.1 Å². The van der Waals surface area contributed by atoms with Gasteiger partial charge in [-0.2, -0.15) is 0 Å². The van der Waals surface area contributed by atoms with Crippen LogP contribution in [0.5, 0.6) is 0 Å². The summed E-state index contributed by atoms with van der Waals surface area (Å²) in [5.41, 5.74) is 1.43. The van der Waals surface area contributed by atoms with Crippen LogP contribution < -0.4 is 5.32 Å². The maximum Gasteiger partial charge on any atom is 0.0484 e. The summed E-state index contributed by atoms with van der Waals surface area (Å²) in [4.78, 5) is 0. The average Bonchev–Trinajstić information content (AvgIpc) is 3.14. The summed E-state index contributed by atoms with van der Waals surface area (Å²) in [6.45, 7) is 0. The Morgan fingerprint density at radius 2 is 1.86 bits per heavy atom. The van der Waals surface area contributed by atoms with E-state index in [0.717, 1.165) is 22.8 Å². The van der Waals surface area contributed by atoms with Crippen molar-refractivity contribution in [3.8, 4) is 0 Å². The Morgan fingerprint density at radius 3 is 2.52 bits per heavy atom. The molecule has 1 nitrogen and oxygen atoms in total. The average molecular weight is 300 g/mol. The lowest BCUT2D eigenvalue weighted by molar-refractivity contribution is 0.260. The predicted octanol–water partition coefficient (Wildman–Crippen LogP) is 5.19. The molecule has 0 aromatic heterocycles. The van der Waals surface area contributed by atoms with Gasteiger partial charge >= 0.3 is 0 Å². The summed E-state index contributed by atoms with van der Waals surface area (Å²) < 4.78 is 0. The maximum absolute atomic E-state index is 6.38. The Morgan fingerprint density at radius 1 is 1.05 bits per heavy atom. The Balaban J connectivity index is 1.79. The molecule has 2 aliphatic carbocycles. The Hall–Kier alpha value is -1.05. The fraction of sp³-hybridized carbons (Fsp3) is 0.474. The molecule has 4 atom stereocenters. The van der Waals surface area contributed by atoms with Crippen LogP contribution in [-0.4, -0.2) is 7.05 Å². The van der Waals surface area contributed by atoms with E-state index in [2.05, 4.69) is 48.8 Å². The Labute approximate surface area is 131 Å². The lowest BCUT2D eigenvalue weighted by Crippen LogP contribution is -2.29. The highest BCUT2D eigenvalue weighted by Crippen LogP contribution is 2.53. The first-order valence-electron chi connectivity index (χ1n) is 8.12. The Kier molecular flexibility index (Phi) is 3.43. The Bertz CT molecular complexity index is 666. The van der Waals surface area contributed by atoms with Gasteiger partial charge in [0, 0.05) is 16.5 Å². The van der Waals surface area contributed by atoms with E-state index in [0.29, 0.717) is 6.04 Å². The molecule has 1 N–H and O–H groups in total. The molecule has 4 unspecified atom stereocenters. The number of fused-ring (bicyclic) bond motifs is 3. The molecule has 21 heavy (non-hydrogen) atoms. The maximum atomic E-state index is 6.38. The molecule has 2 aliphatic rings. The van der Waals surface area contributed by atoms with Gasteiger partial charge in [-0.25, -0.2) is 0 Å². The van der Waals surface area contributed by atoms with Gasteiger partial charge in [-0.3, -0.25) is 0 Å². The van der Waals surface area contributed by atoms with E-state index in [1.165, 1.54) is 42.0 Å². The van der Waals surface area contributed by atoms with Crippen LogP contribution in [0.25, 0.3) is 10.8 Å². The topological polar surface area (TPSA) is 12.0 Å². The van der Waals surface area contributed by atoms with Crippen LogP contribution in [-0.2, 0) is 0 Å². The fourth-order valence-electron chi connectivity index (χ4n) is 4.86. The van der Waals surface area contributed by atoms with Gasteiger partial charge in [0.15, 0.2) is 0 Å². The van der Waals surface area contributed by atoms with E-state index in [-0.39, 0.29) is 0 Å². The second-order valence-corrected chi connectivity index (χ2v) is 7.19. The van der Waals surface area contributed by atoms with Crippen LogP contribution in [0.3, 0.4) is 0 Å². The molecular formula is C19H22ClN. The van der Waals surface area contributed by atoms with Crippen molar-refractivity contribution in [3.05, 3.63) is 47.0 Å². The molecule has 110 valence electrons. The van der Waals surface area contributed by atoms with Crippen molar-refractivity contribution in [2.75, 3.05) is 7.05 Å². The van der Waals surface area contributed by atoms with Gasteiger partial charge in [0.2, 0.25) is 0 Å². The molecule has 0 amide bonds. The van der Waals surface area contributed by atoms with Crippen LogP contribution >= 0.6 is 11.6 Å². The van der Waals surface area contributed by atoms with E-state index in [1.54, 1.807) is 0 Å². The molecule has 2 aromatic rings. The molecule has 0 radical (unpaired) electrons. The van der Waals surface area contributed by atoms with Crippen molar-refractivity contribution in [3.63, 3.8) is 0 Å². The second kappa shape index (κ2) is 5.30. The number of rotatable bonds is 3. The van der Waals surface area contributed by atoms with E-state index in [1.807, 2.05) is 0 Å². The third kappa shape index (κ3) is 2.18. The van der Waals surface area contributed by atoms with Gasteiger partial charge in [0.1, 0.15) is 0 Å². The highest BCUT2D eigenvalue weighted by molar-refractivity contribution is 6.35. The van der Waals surface area contributed by atoms with Crippen LogP contribution in [0.1, 0.15) is 37.3 Å². The van der Waals surface area contributed by atoms with Crippen molar-refractivity contribution in [2.24, 2.45) is 17.8 Å². The predicted molar refractivity (Wildman–Crippen MR) is 89.7 cm³/mol. The summed E-state index contributed by atoms with van der Waals surface area (Å²) in [6.07, 6.45) is 5.74. The summed E-state index contributed by atoms with van der Waals surface area (Å²) in [6, 6.07) is 13.3. The highest BCUT2D eigenvalue weighted by atomic mass is 35.5. The largest absolute Gasteiger partial charge is 0.313 e. The molecule has 0 heterocycles. The van der Waals surface area contributed by atoms with E-state index in [4.69, 9.17) is 11.6 Å². The van der Waals surface area contributed by atoms with E-state index >= 15 is 0 Å². The van der Waals surface area contributed by atoms with Crippen molar-refractivity contribution in [2.45, 2.75) is 31.7 Å². The van der Waals surface area contributed by atoms with Crippen molar-refractivity contribution >= 4 is 22.4 Å². The number of hydrogen-bond donors (Lipinski definition) is 1. The minimum atomic E-state index is 0.461. The number of hydrogen-bond acceptors (Lipinski definition) is 1. The number of halogens is 1. The first-order valence-corrected chi connectivity index (χ1v) is 8.50. The van der Waals surface area contributed by atoms with Gasteiger partial charge in [0.25, 0.3) is 0 Å². The molecule has 0 aliphatic heterocycles. The number of nitrogens with one attached hydrogen (secondary N) is 1. The van der Waals surface area contributed by atoms with Gasteiger partial charge < -0.3 is 5.32 Å². The molecule has 2 fully saturated rings. The molecule has 2 aromatic carbocycles. The van der Waals surface area contributed by atoms with E-state index in [9.17, 15) is 0 Å². The first kappa shape index (κ1) is 13.6. The zero-order valence-electron chi connectivity index (χ0n) is 12.5. The van der Waals surface area contributed by atoms with Crippen molar-refractivity contribution in [1.82, 2.24) is 5.32 Å². The van der Waals surface area contributed by atoms with E-state index < -0.39 is 0 Å². The third-order valence-corrected chi connectivity index (χ3v) is 6.10. The molecule has 2 bridgehead atoms. The van der Waals surface area contributed by atoms with Crippen LogP contribution in [0, 0.1) is 17.8 Å². The fourth-order valence-corrected chi connectivity index (χ4v) is 5.09. The van der Waals surface area contributed by atoms with Crippen molar-refractivity contribution < 1.29 is 0 Å². The quantitative estimate of drug-likeness (QED) is 0.822. The normalized spacial score (nSPS) is 29.1. The van der Waals surface area contributed by atoms with Gasteiger partial charge in [-0.1, -0.05) is 48.4 Å². The third-order valence-electron chi connectivity index (χ3n) is 5.77. The summed E-state index contributed by atoms with van der Waals surface area (Å²) in [7, 11) is 2.11. The van der Waals surface area contributed by atoms with Gasteiger partial charge in [0.05, 0.1) is 0 Å². The monoisotopic (exact) mass is 299 g/mol. The molecule has 0 spiro atoms. The minimum Gasteiger partial charge on any atom is -0.313 e. The lowest BCUT2D eigenvalue weighted by atomic mass is 9.79. The van der Waals surface area contributed by atoms with Crippen LogP contribution in [0.15, 0.2) is 36.4 Å². The zero-order chi connectivity index (χ0) is 14.4. The molecular weight excluding hydrogens is 278 g/mol. The molecule has 2 saturated carbocycles. The summed E-state index contributed by atoms with van der Waals surface area (Å²) >= 11 is 6.38. The zero-order valence-corrected chi connectivity index (χ0v) is 13.2. The lowest BCUT2D eigenvalue weighted by Gasteiger charge is -2.31. The number of benzene rings is 2. The first-order chi connectivity index (χ1) is 10.3. The highest BCUT2D eigenvalue weighted by Gasteiger charge is 2.43. The van der Waals surface area contributed by atoms with Crippen molar-refractivity contribution in [1.29, 1.82) is 0 Å². The smallest absolute Gasteiger partial charge is 0.0484 e.